The summed E-state index contributed by atoms with van der Waals surface area (Å²) in [5.74, 6) is 0. The molecular weight excluding hydrogens is 283 g/mol. The Labute approximate surface area is 122 Å². The zero-order valence-electron chi connectivity index (χ0n) is 12.0. The second-order valence-electron chi connectivity index (χ2n) is 5.00. The summed E-state index contributed by atoms with van der Waals surface area (Å²) in [6.45, 7) is 3.78. The Bertz CT molecular complexity index is 445. The molecule has 1 saturated heterocycles. The van der Waals surface area contributed by atoms with Gasteiger partial charge in [-0.2, -0.15) is 13.2 Å². The predicted molar refractivity (Wildman–Crippen MR) is 73.0 cm³/mol. The molecular formula is C15H20F3NO2. The molecule has 3 nitrogen and oxygen atoms in total. The summed E-state index contributed by atoms with van der Waals surface area (Å²) < 4.78 is 50.5. The third kappa shape index (κ3) is 4.18. The van der Waals surface area contributed by atoms with E-state index < -0.39 is 23.9 Å². The standard InChI is InChI=1S/C15H20F3NO2/c1-2-7-19-14(13-10-20-8-9-21-13)11-5-3-4-6-12(11)15(16,17)18/h3-6,13-14,19H,2,7-10H2,1H3. The van der Waals surface area contributed by atoms with Gasteiger partial charge in [0.1, 0.15) is 6.10 Å². The summed E-state index contributed by atoms with van der Waals surface area (Å²) in [5, 5.41) is 3.16. The van der Waals surface area contributed by atoms with Gasteiger partial charge in [-0.05, 0) is 24.6 Å². The Morgan fingerprint density at radius 1 is 1.29 bits per heavy atom. The van der Waals surface area contributed by atoms with Gasteiger partial charge in [-0.15, -0.1) is 0 Å². The fraction of sp³-hybridized carbons (Fsp3) is 0.600. The van der Waals surface area contributed by atoms with Crippen molar-refractivity contribution in [3.8, 4) is 0 Å². The minimum Gasteiger partial charge on any atom is -0.376 e. The van der Waals surface area contributed by atoms with Gasteiger partial charge < -0.3 is 14.8 Å². The average Bonchev–Trinajstić information content (AvgIpc) is 2.48. The topological polar surface area (TPSA) is 30.5 Å². The van der Waals surface area contributed by atoms with Crippen LogP contribution in [0.5, 0.6) is 0 Å². The van der Waals surface area contributed by atoms with E-state index >= 15 is 0 Å². The molecule has 1 aliphatic heterocycles. The molecule has 6 heteroatoms. The monoisotopic (exact) mass is 303 g/mol. The molecule has 21 heavy (non-hydrogen) atoms. The van der Waals surface area contributed by atoms with E-state index in [-0.39, 0.29) is 5.56 Å². The summed E-state index contributed by atoms with van der Waals surface area (Å²) in [7, 11) is 0. The number of benzene rings is 1. The predicted octanol–water partition coefficient (Wildman–Crippen LogP) is 3.16. The van der Waals surface area contributed by atoms with Crippen molar-refractivity contribution in [1.82, 2.24) is 5.32 Å². The number of rotatable bonds is 5. The molecule has 1 fully saturated rings. The number of ether oxygens (including phenoxy) is 2. The minimum atomic E-state index is -4.38. The molecule has 0 spiro atoms. The van der Waals surface area contributed by atoms with Gasteiger partial charge in [-0.3, -0.25) is 0 Å². The highest BCUT2D eigenvalue weighted by Crippen LogP contribution is 2.36. The molecule has 0 radical (unpaired) electrons. The van der Waals surface area contributed by atoms with E-state index in [9.17, 15) is 13.2 Å². The van der Waals surface area contributed by atoms with E-state index in [1.807, 2.05) is 6.92 Å². The van der Waals surface area contributed by atoms with Gasteiger partial charge in [0, 0.05) is 0 Å². The fourth-order valence-corrected chi connectivity index (χ4v) is 2.47. The van der Waals surface area contributed by atoms with Crippen LogP contribution in [0.2, 0.25) is 0 Å². The molecule has 0 bridgehead atoms. The fourth-order valence-electron chi connectivity index (χ4n) is 2.47. The van der Waals surface area contributed by atoms with Crippen LogP contribution in [0.25, 0.3) is 0 Å². The van der Waals surface area contributed by atoms with Crippen molar-refractivity contribution in [1.29, 1.82) is 0 Å². The van der Waals surface area contributed by atoms with Gasteiger partial charge >= 0.3 is 6.18 Å². The van der Waals surface area contributed by atoms with Crippen LogP contribution in [-0.2, 0) is 15.7 Å². The van der Waals surface area contributed by atoms with Crippen molar-refractivity contribution in [2.24, 2.45) is 0 Å². The van der Waals surface area contributed by atoms with E-state index in [0.29, 0.717) is 26.4 Å². The summed E-state index contributed by atoms with van der Waals surface area (Å²) in [5.41, 5.74) is -0.401. The second-order valence-corrected chi connectivity index (χ2v) is 5.00. The maximum absolute atomic E-state index is 13.2. The zero-order chi connectivity index (χ0) is 15.3. The van der Waals surface area contributed by atoms with Gasteiger partial charge in [0.25, 0.3) is 0 Å². The molecule has 1 aromatic rings. The molecule has 2 rings (SSSR count). The van der Waals surface area contributed by atoms with Crippen LogP contribution in [0.15, 0.2) is 24.3 Å². The Kier molecular flexibility index (Phi) is 5.61. The smallest absolute Gasteiger partial charge is 0.376 e. The van der Waals surface area contributed by atoms with Gasteiger partial charge in [0.05, 0.1) is 31.4 Å². The number of hydrogen-bond donors (Lipinski definition) is 1. The molecule has 1 aliphatic rings. The Balaban J connectivity index is 2.31. The average molecular weight is 303 g/mol. The van der Waals surface area contributed by atoms with Gasteiger partial charge in [0.15, 0.2) is 0 Å². The summed E-state index contributed by atoms with van der Waals surface area (Å²) in [6.07, 6.45) is -3.95. The van der Waals surface area contributed by atoms with Crippen LogP contribution >= 0.6 is 0 Å². The van der Waals surface area contributed by atoms with E-state index in [4.69, 9.17) is 9.47 Å². The van der Waals surface area contributed by atoms with Crippen LogP contribution in [0.1, 0.15) is 30.5 Å². The first-order valence-corrected chi connectivity index (χ1v) is 7.13. The summed E-state index contributed by atoms with van der Waals surface area (Å²) >= 11 is 0. The number of nitrogens with one attached hydrogen (secondary N) is 1. The molecule has 2 atom stereocenters. The normalized spacial score (nSPS) is 21.2. The first-order chi connectivity index (χ1) is 10.0. The lowest BCUT2D eigenvalue weighted by Crippen LogP contribution is -2.41. The first-order valence-electron chi connectivity index (χ1n) is 7.13. The lowest BCUT2D eigenvalue weighted by molar-refractivity contribution is -0.140. The maximum atomic E-state index is 13.2. The molecule has 0 amide bonds. The molecule has 1 aromatic carbocycles. The highest BCUT2D eigenvalue weighted by Gasteiger charge is 2.37. The molecule has 118 valence electrons. The molecule has 2 unspecified atom stereocenters. The SMILES string of the molecule is CCCNC(c1ccccc1C(F)(F)F)C1COCCO1. The summed E-state index contributed by atoms with van der Waals surface area (Å²) in [4.78, 5) is 0. The molecule has 0 saturated carbocycles. The Morgan fingerprint density at radius 3 is 2.67 bits per heavy atom. The highest BCUT2D eigenvalue weighted by molar-refractivity contribution is 5.33. The third-order valence-electron chi connectivity index (χ3n) is 3.43. The largest absolute Gasteiger partial charge is 0.416 e. The van der Waals surface area contributed by atoms with Crippen molar-refractivity contribution >= 4 is 0 Å². The van der Waals surface area contributed by atoms with Crippen LogP contribution in [0, 0.1) is 0 Å². The lowest BCUT2D eigenvalue weighted by atomic mass is 9.95. The van der Waals surface area contributed by atoms with Crippen molar-refractivity contribution in [2.75, 3.05) is 26.4 Å². The van der Waals surface area contributed by atoms with Gasteiger partial charge in [-0.25, -0.2) is 0 Å². The van der Waals surface area contributed by atoms with Crippen molar-refractivity contribution in [3.05, 3.63) is 35.4 Å². The second kappa shape index (κ2) is 7.24. The third-order valence-corrected chi connectivity index (χ3v) is 3.43. The number of hydrogen-bond acceptors (Lipinski definition) is 3. The first kappa shape index (κ1) is 16.3. The summed E-state index contributed by atoms with van der Waals surface area (Å²) in [6, 6.07) is 5.12. The van der Waals surface area contributed by atoms with Crippen molar-refractivity contribution in [3.63, 3.8) is 0 Å². The van der Waals surface area contributed by atoms with E-state index in [1.54, 1.807) is 6.07 Å². The number of alkyl halides is 3. The molecule has 1 N–H and O–H groups in total. The van der Waals surface area contributed by atoms with Crippen molar-refractivity contribution in [2.45, 2.75) is 31.7 Å². The van der Waals surface area contributed by atoms with E-state index in [2.05, 4.69) is 5.32 Å². The van der Waals surface area contributed by atoms with Crippen LogP contribution in [0.3, 0.4) is 0 Å². The maximum Gasteiger partial charge on any atom is 0.416 e. The van der Waals surface area contributed by atoms with Crippen molar-refractivity contribution < 1.29 is 22.6 Å². The van der Waals surface area contributed by atoms with Gasteiger partial charge in [0.2, 0.25) is 0 Å². The lowest BCUT2D eigenvalue weighted by Gasteiger charge is -2.32. The zero-order valence-corrected chi connectivity index (χ0v) is 12.0. The highest BCUT2D eigenvalue weighted by atomic mass is 19.4. The number of halogens is 3. The van der Waals surface area contributed by atoms with E-state index in [0.717, 1.165) is 12.5 Å². The Hall–Kier alpha value is -1.11. The Morgan fingerprint density at radius 2 is 2.05 bits per heavy atom. The molecule has 1 heterocycles. The quantitative estimate of drug-likeness (QED) is 0.906. The van der Waals surface area contributed by atoms with E-state index in [1.165, 1.54) is 12.1 Å². The van der Waals surface area contributed by atoms with Gasteiger partial charge in [-0.1, -0.05) is 25.1 Å². The van der Waals surface area contributed by atoms with Crippen LogP contribution in [-0.4, -0.2) is 32.5 Å². The minimum absolute atomic E-state index is 0.217. The van der Waals surface area contributed by atoms with Crippen LogP contribution < -0.4 is 5.32 Å². The molecule has 0 aliphatic carbocycles. The van der Waals surface area contributed by atoms with Crippen LogP contribution in [0.4, 0.5) is 13.2 Å². The molecule has 0 aromatic heterocycles.